The summed E-state index contributed by atoms with van der Waals surface area (Å²) in [5.74, 6) is 0. The van der Waals surface area contributed by atoms with Crippen LogP contribution in [0.3, 0.4) is 0 Å². The zero-order valence-corrected chi connectivity index (χ0v) is 25.8. The van der Waals surface area contributed by atoms with E-state index in [9.17, 15) is 0 Å². The molecular formula is C43H28N2S. The van der Waals surface area contributed by atoms with Crippen LogP contribution in [0.4, 0.5) is 17.1 Å². The molecule has 9 aromatic rings. The van der Waals surface area contributed by atoms with Crippen molar-refractivity contribution in [2.75, 3.05) is 4.90 Å². The normalized spacial score (nSPS) is 11.5. The summed E-state index contributed by atoms with van der Waals surface area (Å²) < 4.78 is 2.47. The second-order valence-corrected chi connectivity index (χ2v) is 12.8. The SMILES string of the molecule is c1ccc(-c2ccc(N(c3ccc(-c4ccc5c(ccc6ccccc65)c4)cc3)c3ccc4c(c3)sc3cnccc34)cc2)cc1. The van der Waals surface area contributed by atoms with E-state index in [0.29, 0.717) is 0 Å². The summed E-state index contributed by atoms with van der Waals surface area (Å²) in [5, 5.41) is 7.64. The fourth-order valence-corrected chi connectivity index (χ4v) is 7.74. The maximum absolute atomic E-state index is 4.36. The Morgan fingerprint density at radius 1 is 0.391 bits per heavy atom. The molecule has 9 rings (SSSR count). The van der Waals surface area contributed by atoms with Crippen LogP contribution in [-0.2, 0) is 0 Å². The Kier molecular flexibility index (Phi) is 6.36. The number of nitrogens with zero attached hydrogens (tertiary/aromatic N) is 2. The van der Waals surface area contributed by atoms with Crippen LogP contribution in [-0.4, -0.2) is 4.98 Å². The summed E-state index contributed by atoms with van der Waals surface area (Å²) in [6.07, 6.45) is 3.84. The van der Waals surface area contributed by atoms with Crippen molar-refractivity contribution >= 4 is 70.1 Å². The molecule has 0 aliphatic carbocycles. The minimum Gasteiger partial charge on any atom is -0.310 e. The smallest absolute Gasteiger partial charge is 0.0538 e. The van der Waals surface area contributed by atoms with Gasteiger partial charge in [0.05, 0.1) is 4.70 Å². The fraction of sp³-hybridized carbons (Fsp3) is 0. The van der Waals surface area contributed by atoms with E-state index < -0.39 is 0 Å². The van der Waals surface area contributed by atoms with Crippen LogP contribution in [0.15, 0.2) is 170 Å². The zero-order chi connectivity index (χ0) is 30.5. The topological polar surface area (TPSA) is 16.1 Å². The molecule has 46 heavy (non-hydrogen) atoms. The predicted octanol–water partition coefficient (Wildman–Crippen LogP) is 12.6. The molecule has 0 atom stereocenters. The van der Waals surface area contributed by atoms with E-state index >= 15 is 0 Å². The van der Waals surface area contributed by atoms with E-state index in [1.54, 1.807) is 11.3 Å². The molecular weight excluding hydrogens is 577 g/mol. The Morgan fingerprint density at radius 2 is 0.978 bits per heavy atom. The van der Waals surface area contributed by atoms with Crippen molar-refractivity contribution in [3.63, 3.8) is 0 Å². The van der Waals surface area contributed by atoms with Crippen molar-refractivity contribution in [2.24, 2.45) is 0 Å². The van der Waals surface area contributed by atoms with Gasteiger partial charge in [-0.2, -0.15) is 0 Å². The second kappa shape index (κ2) is 11.0. The molecule has 0 fully saturated rings. The van der Waals surface area contributed by atoms with Crippen LogP contribution < -0.4 is 4.90 Å². The third-order valence-corrected chi connectivity index (χ3v) is 10.1. The second-order valence-electron chi connectivity index (χ2n) is 11.7. The maximum atomic E-state index is 4.36. The zero-order valence-electron chi connectivity index (χ0n) is 25.0. The summed E-state index contributed by atoms with van der Waals surface area (Å²) in [5.41, 5.74) is 8.20. The lowest BCUT2D eigenvalue weighted by atomic mass is 9.97. The minimum atomic E-state index is 1.12. The molecule has 0 unspecified atom stereocenters. The molecule has 0 N–H and O–H groups in total. The molecule has 0 bridgehead atoms. The van der Waals surface area contributed by atoms with Crippen LogP contribution in [0.2, 0.25) is 0 Å². The highest BCUT2D eigenvalue weighted by Crippen LogP contribution is 2.41. The summed E-state index contributed by atoms with van der Waals surface area (Å²) in [6, 6.07) is 57.2. The summed E-state index contributed by atoms with van der Waals surface area (Å²) >= 11 is 1.80. The molecule has 0 saturated carbocycles. The van der Waals surface area contributed by atoms with Gasteiger partial charge in [0.25, 0.3) is 0 Å². The van der Waals surface area contributed by atoms with E-state index in [-0.39, 0.29) is 0 Å². The van der Waals surface area contributed by atoms with Gasteiger partial charge in [0.15, 0.2) is 0 Å². The first kappa shape index (κ1) is 26.6. The lowest BCUT2D eigenvalue weighted by molar-refractivity contribution is 1.29. The summed E-state index contributed by atoms with van der Waals surface area (Å²) in [7, 11) is 0. The molecule has 0 aliphatic rings. The number of rotatable bonds is 5. The van der Waals surface area contributed by atoms with Gasteiger partial charge < -0.3 is 4.90 Å². The molecule has 0 saturated heterocycles. The first-order chi connectivity index (χ1) is 22.8. The van der Waals surface area contributed by atoms with Crippen LogP contribution >= 0.6 is 11.3 Å². The van der Waals surface area contributed by atoms with Crippen LogP contribution in [0, 0.1) is 0 Å². The number of aromatic nitrogens is 1. The van der Waals surface area contributed by atoms with Crippen molar-refractivity contribution in [3.05, 3.63) is 170 Å². The average Bonchev–Trinajstić information content (AvgIpc) is 3.50. The number of hydrogen-bond acceptors (Lipinski definition) is 3. The number of anilines is 3. The number of pyridine rings is 1. The van der Waals surface area contributed by atoms with Crippen molar-refractivity contribution in [2.45, 2.75) is 0 Å². The monoisotopic (exact) mass is 604 g/mol. The Balaban J connectivity index is 1.13. The molecule has 0 amide bonds. The van der Waals surface area contributed by atoms with Crippen molar-refractivity contribution < 1.29 is 0 Å². The summed E-state index contributed by atoms with van der Waals surface area (Å²) in [4.78, 5) is 6.71. The number of hydrogen-bond donors (Lipinski definition) is 0. The lowest BCUT2D eigenvalue weighted by Gasteiger charge is -2.26. The quantitative estimate of drug-likeness (QED) is 0.182. The average molecular weight is 605 g/mol. The van der Waals surface area contributed by atoms with Crippen LogP contribution in [0.25, 0.3) is 64.0 Å². The molecule has 3 heteroatoms. The number of benzene rings is 7. The number of fused-ring (bicyclic) bond motifs is 6. The molecule has 0 radical (unpaired) electrons. The van der Waals surface area contributed by atoms with Gasteiger partial charge in [0.2, 0.25) is 0 Å². The molecule has 7 aromatic carbocycles. The molecule has 2 heterocycles. The molecule has 2 nitrogen and oxygen atoms in total. The van der Waals surface area contributed by atoms with E-state index in [1.165, 1.54) is 64.0 Å². The van der Waals surface area contributed by atoms with E-state index in [0.717, 1.165) is 17.1 Å². The Hall–Kier alpha value is -5.77. The molecule has 2 aromatic heterocycles. The highest BCUT2D eigenvalue weighted by atomic mass is 32.1. The Labute approximate surface area is 271 Å². The van der Waals surface area contributed by atoms with Gasteiger partial charge in [-0.05, 0) is 92.3 Å². The van der Waals surface area contributed by atoms with E-state index in [4.69, 9.17) is 0 Å². The van der Waals surface area contributed by atoms with Crippen molar-refractivity contribution in [1.82, 2.24) is 4.98 Å². The van der Waals surface area contributed by atoms with Crippen molar-refractivity contribution in [1.29, 1.82) is 0 Å². The minimum absolute atomic E-state index is 1.12. The van der Waals surface area contributed by atoms with Gasteiger partial charge in [-0.3, -0.25) is 4.98 Å². The molecule has 0 spiro atoms. The maximum Gasteiger partial charge on any atom is 0.0538 e. The highest BCUT2D eigenvalue weighted by molar-refractivity contribution is 7.25. The third-order valence-electron chi connectivity index (χ3n) is 8.95. The first-order valence-corrected chi connectivity index (χ1v) is 16.3. The van der Waals surface area contributed by atoms with Gasteiger partial charge in [-0.25, -0.2) is 0 Å². The molecule has 0 aliphatic heterocycles. The lowest BCUT2D eigenvalue weighted by Crippen LogP contribution is -2.09. The van der Waals surface area contributed by atoms with E-state index in [2.05, 4.69) is 168 Å². The predicted molar refractivity (Wildman–Crippen MR) is 198 cm³/mol. The van der Waals surface area contributed by atoms with Gasteiger partial charge >= 0.3 is 0 Å². The van der Waals surface area contributed by atoms with Crippen LogP contribution in [0.1, 0.15) is 0 Å². The standard InChI is InChI=1S/C43H28N2S/c1-2-6-29(7-3-1)30-12-17-35(18-13-30)45(37-21-23-40-41-24-25-44-28-43(41)46-42(40)27-37)36-19-14-31(15-20-36)33-16-22-39-34(26-33)11-10-32-8-4-5-9-38(32)39/h1-28H. The van der Waals surface area contributed by atoms with Gasteiger partial charge in [0.1, 0.15) is 0 Å². The van der Waals surface area contributed by atoms with Crippen LogP contribution in [0.5, 0.6) is 0 Å². The largest absolute Gasteiger partial charge is 0.310 e. The molecule has 216 valence electrons. The first-order valence-electron chi connectivity index (χ1n) is 15.5. The van der Waals surface area contributed by atoms with Gasteiger partial charge in [-0.15, -0.1) is 11.3 Å². The third kappa shape index (κ3) is 4.61. The van der Waals surface area contributed by atoms with Crippen molar-refractivity contribution in [3.8, 4) is 22.3 Å². The Morgan fingerprint density at radius 3 is 1.78 bits per heavy atom. The highest BCUT2D eigenvalue weighted by Gasteiger charge is 2.16. The fourth-order valence-electron chi connectivity index (χ4n) is 6.64. The van der Waals surface area contributed by atoms with Gasteiger partial charge in [0, 0.05) is 44.9 Å². The van der Waals surface area contributed by atoms with E-state index in [1.807, 2.05) is 12.4 Å². The number of thiophene rings is 1. The summed E-state index contributed by atoms with van der Waals surface area (Å²) in [6.45, 7) is 0. The Bertz CT molecular complexity index is 2510. The van der Waals surface area contributed by atoms with Gasteiger partial charge in [-0.1, -0.05) is 109 Å².